The molecule has 3 nitrogen and oxygen atoms in total. The molecule has 2 unspecified atom stereocenters. The van der Waals surface area contributed by atoms with Gasteiger partial charge in [-0.15, -0.1) is 0 Å². The van der Waals surface area contributed by atoms with E-state index in [2.05, 4.69) is 21.5 Å². The summed E-state index contributed by atoms with van der Waals surface area (Å²) in [7, 11) is 0. The van der Waals surface area contributed by atoms with Crippen LogP contribution >= 0.6 is 11.8 Å². The lowest BCUT2D eigenvalue weighted by Crippen LogP contribution is -2.27. The molecule has 1 fully saturated rings. The van der Waals surface area contributed by atoms with Crippen molar-refractivity contribution in [3.05, 3.63) is 17.6 Å². The van der Waals surface area contributed by atoms with Crippen molar-refractivity contribution in [2.75, 3.05) is 11.6 Å². The van der Waals surface area contributed by atoms with Crippen molar-refractivity contribution in [2.24, 2.45) is 0 Å². The van der Waals surface area contributed by atoms with Gasteiger partial charge in [0.1, 0.15) is 12.1 Å². The molecule has 0 amide bonds. The van der Waals surface area contributed by atoms with Crippen LogP contribution in [-0.2, 0) is 12.8 Å². The molecule has 0 saturated heterocycles. The van der Waals surface area contributed by atoms with Crippen LogP contribution in [0.3, 0.4) is 0 Å². The van der Waals surface area contributed by atoms with E-state index in [0.717, 1.165) is 23.9 Å². The zero-order valence-corrected chi connectivity index (χ0v) is 11.1. The Hall–Kier alpha value is -0.770. The third-order valence-corrected chi connectivity index (χ3v) is 5.12. The van der Waals surface area contributed by atoms with Gasteiger partial charge in [0, 0.05) is 22.5 Å². The Morgan fingerprint density at radius 2 is 2.18 bits per heavy atom. The van der Waals surface area contributed by atoms with Gasteiger partial charge in [0.25, 0.3) is 0 Å². The minimum atomic E-state index is 0.601. The van der Waals surface area contributed by atoms with Crippen LogP contribution in [0, 0.1) is 0 Å². The van der Waals surface area contributed by atoms with Gasteiger partial charge in [-0.25, -0.2) is 9.97 Å². The molecule has 4 heteroatoms. The number of nitrogens with zero attached hydrogens (tertiary/aromatic N) is 2. The zero-order valence-electron chi connectivity index (χ0n) is 10.3. The van der Waals surface area contributed by atoms with E-state index in [4.69, 9.17) is 0 Å². The molecule has 0 aromatic carbocycles. The first kappa shape index (κ1) is 11.3. The number of nitrogens with one attached hydrogen (secondary N) is 1. The number of aryl methyl sites for hydroxylation is 1. The molecule has 92 valence electrons. The van der Waals surface area contributed by atoms with Gasteiger partial charge in [-0.05, 0) is 38.4 Å². The number of hydrogen-bond donors (Lipinski definition) is 1. The summed E-state index contributed by atoms with van der Waals surface area (Å²) in [4.78, 5) is 8.83. The first-order chi connectivity index (χ1) is 8.38. The van der Waals surface area contributed by atoms with Crippen LogP contribution < -0.4 is 5.32 Å². The summed E-state index contributed by atoms with van der Waals surface area (Å²) in [5.41, 5.74) is 2.64. The molecule has 17 heavy (non-hydrogen) atoms. The van der Waals surface area contributed by atoms with Gasteiger partial charge in [-0.1, -0.05) is 6.42 Å². The van der Waals surface area contributed by atoms with Gasteiger partial charge in [-0.3, -0.25) is 0 Å². The molecule has 0 aliphatic heterocycles. The highest BCUT2D eigenvalue weighted by Gasteiger charge is 2.28. The number of anilines is 1. The number of aromatic nitrogens is 2. The Bertz CT molecular complexity index is 408. The number of rotatable bonds is 3. The molecule has 2 aliphatic carbocycles. The summed E-state index contributed by atoms with van der Waals surface area (Å²) in [5, 5.41) is 4.42. The lowest BCUT2D eigenvalue weighted by atomic mass is 10.2. The fraction of sp³-hybridized carbons (Fsp3) is 0.692. The molecule has 1 aromatic heterocycles. The van der Waals surface area contributed by atoms with Crippen molar-refractivity contribution in [2.45, 2.75) is 49.8 Å². The van der Waals surface area contributed by atoms with E-state index in [9.17, 15) is 0 Å². The van der Waals surface area contributed by atoms with E-state index in [1.165, 1.54) is 36.9 Å². The summed E-state index contributed by atoms with van der Waals surface area (Å²) in [6.45, 7) is 0. The van der Waals surface area contributed by atoms with E-state index >= 15 is 0 Å². The van der Waals surface area contributed by atoms with Gasteiger partial charge in [-0.2, -0.15) is 11.8 Å². The first-order valence-corrected chi connectivity index (χ1v) is 7.79. The SMILES string of the molecule is CSC1CCCC1Nc1ncnc2c1CCC2. The van der Waals surface area contributed by atoms with Crippen LogP contribution in [0.1, 0.15) is 36.9 Å². The molecule has 1 saturated carbocycles. The summed E-state index contributed by atoms with van der Waals surface area (Å²) < 4.78 is 0. The molecule has 2 atom stereocenters. The highest BCUT2D eigenvalue weighted by Crippen LogP contribution is 2.32. The smallest absolute Gasteiger partial charge is 0.133 e. The molecular weight excluding hydrogens is 230 g/mol. The Balaban J connectivity index is 1.79. The average molecular weight is 249 g/mol. The quantitative estimate of drug-likeness (QED) is 0.893. The molecule has 1 heterocycles. The third kappa shape index (κ3) is 2.15. The maximum Gasteiger partial charge on any atom is 0.133 e. The number of thioether (sulfide) groups is 1. The van der Waals surface area contributed by atoms with Crippen LogP contribution in [-0.4, -0.2) is 27.5 Å². The molecular formula is C13H19N3S. The zero-order chi connectivity index (χ0) is 11.7. The van der Waals surface area contributed by atoms with Crippen LogP contribution in [0.2, 0.25) is 0 Å². The van der Waals surface area contributed by atoms with Crippen molar-refractivity contribution in [3.8, 4) is 0 Å². The van der Waals surface area contributed by atoms with E-state index in [1.54, 1.807) is 6.33 Å². The largest absolute Gasteiger partial charge is 0.366 e. The van der Waals surface area contributed by atoms with Gasteiger partial charge in [0.2, 0.25) is 0 Å². The molecule has 0 bridgehead atoms. The maximum absolute atomic E-state index is 4.45. The second-order valence-electron chi connectivity index (χ2n) is 4.96. The highest BCUT2D eigenvalue weighted by atomic mass is 32.2. The van der Waals surface area contributed by atoms with Gasteiger partial charge < -0.3 is 5.32 Å². The van der Waals surface area contributed by atoms with Crippen LogP contribution in [0.5, 0.6) is 0 Å². The van der Waals surface area contributed by atoms with Crippen LogP contribution in [0.15, 0.2) is 6.33 Å². The molecule has 3 rings (SSSR count). The summed E-state index contributed by atoms with van der Waals surface area (Å²) in [6.07, 6.45) is 11.4. The number of fused-ring (bicyclic) bond motifs is 1. The molecule has 1 N–H and O–H groups in total. The van der Waals surface area contributed by atoms with Crippen molar-refractivity contribution in [3.63, 3.8) is 0 Å². The second kappa shape index (κ2) is 4.84. The summed E-state index contributed by atoms with van der Waals surface area (Å²) >= 11 is 1.99. The predicted molar refractivity (Wildman–Crippen MR) is 72.6 cm³/mol. The van der Waals surface area contributed by atoms with Crippen molar-refractivity contribution < 1.29 is 0 Å². The molecule has 1 aromatic rings. The molecule has 0 radical (unpaired) electrons. The highest BCUT2D eigenvalue weighted by molar-refractivity contribution is 7.99. The minimum absolute atomic E-state index is 0.601. The molecule has 0 spiro atoms. The predicted octanol–water partition coefficient (Wildman–Crippen LogP) is 2.66. The fourth-order valence-electron chi connectivity index (χ4n) is 3.03. The lowest BCUT2D eigenvalue weighted by molar-refractivity contribution is 0.759. The topological polar surface area (TPSA) is 37.8 Å². The van der Waals surface area contributed by atoms with Crippen molar-refractivity contribution in [1.82, 2.24) is 9.97 Å². The van der Waals surface area contributed by atoms with Gasteiger partial charge in [0.15, 0.2) is 0 Å². The average Bonchev–Trinajstić information content (AvgIpc) is 2.97. The third-order valence-electron chi connectivity index (χ3n) is 3.95. The summed E-state index contributed by atoms with van der Waals surface area (Å²) in [5.74, 6) is 1.11. The molecule has 2 aliphatic rings. The summed E-state index contributed by atoms with van der Waals surface area (Å²) in [6, 6.07) is 0.601. The lowest BCUT2D eigenvalue weighted by Gasteiger charge is -2.21. The standard InChI is InChI=1S/C13H19N3S/c1-17-12-7-3-6-11(12)16-13-9-4-2-5-10(9)14-8-15-13/h8,11-12H,2-7H2,1H3,(H,14,15,16). The Kier molecular flexibility index (Phi) is 3.23. The van der Waals surface area contributed by atoms with Gasteiger partial charge in [0.05, 0.1) is 0 Å². The normalized spacial score (nSPS) is 27.1. The van der Waals surface area contributed by atoms with Crippen LogP contribution in [0.25, 0.3) is 0 Å². The van der Waals surface area contributed by atoms with Crippen molar-refractivity contribution >= 4 is 17.6 Å². The maximum atomic E-state index is 4.45. The first-order valence-electron chi connectivity index (χ1n) is 6.50. The number of hydrogen-bond acceptors (Lipinski definition) is 4. The van der Waals surface area contributed by atoms with E-state index in [0.29, 0.717) is 6.04 Å². The van der Waals surface area contributed by atoms with Crippen LogP contribution in [0.4, 0.5) is 5.82 Å². The van der Waals surface area contributed by atoms with Gasteiger partial charge >= 0.3 is 0 Å². The Labute approximate surface area is 107 Å². The van der Waals surface area contributed by atoms with Crippen molar-refractivity contribution in [1.29, 1.82) is 0 Å². The fourth-order valence-corrected chi connectivity index (χ4v) is 3.97. The minimum Gasteiger partial charge on any atom is -0.366 e. The van der Waals surface area contributed by atoms with E-state index in [1.807, 2.05) is 11.8 Å². The van der Waals surface area contributed by atoms with E-state index in [-0.39, 0.29) is 0 Å². The Morgan fingerprint density at radius 1 is 1.24 bits per heavy atom. The van der Waals surface area contributed by atoms with E-state index < -0.39 is 0 Å². The monoisotopic (exact) mass is 249 g/mol. The second-order valence-corrected chi connectivity index (χ2v) is 6.03. The Morgan fingerprint density at radius 3 is 3.06 bits per heavy atom.